The largest absolute Gasteiger partial charge is 0.417 e. The van der Waals surface area contributed by atoms with E-state index in [-0.39, 0.29) is 22.4 Å². The summed E-state index contributed by atoms with van der Waals surface area (Å²) < 4.78 is 64.0. The Morgan fingerprint density at radius 3 is 2.36 bits per heavy atom. The van der Waals surface area contributed by atoms with E-state index in [9.17, 15) is 21.6 Å². The van der Waals surface area contributed by atoms with E-state index in [1.807, 2.05) is 0 Å². The van der Waals surface area contributed by atoms with Crippen LogP contribution in [0.1, 0.15) is 12.5 Å². The Morgan fingerprint density at radius 1 is 1.27 bits per heavy atom. The second kappa shape index (κ2) is 5.54. The second-order valence-corrected chi connectivity index (χ2v) is 7.07. The van der Waals surface area contributed by atoms with Crippen LogP contribution in [0.4, 0.5) is 13.2 Å². The molecule has 2 heterocycles. The maximum atomic E-state index is 12.8. The van der Waals surface area contributed by atoms with E-state index >= 15 is 0 Å². The van der Waals surface area contributed by atoms with E-state index in [4.69, 9.17) is 11.6 Å². The van der Waals surface area contributed by atoms with Crippen LogP contribution in [0, 0.1) is 0 Å². The Hall–Kier alpha value is -1.61. The van der Waals surface area contributed by atoms with Crippen LogP contribution in [-0.2, 0) is 23.1 Å². The SMILES string of the molecule is CCS(=O)(=O)c1cc(C(F)(F)F)cnc1-c1ncc(Cl)n1C. The minimum atomic E-state index is -4.69. The van der Waals surface area contributed by atoms with Gasteiger partial charge in [0, 0.05) is 13.2 Å². The summed E-state index contributed by atoms with van der Waals surface area (Å²) in [7, 11) is -2.42. The van der Waals surface area contributed by atoms with Gasteiger partial charge in [-0.2, -0.15) is 13.2 Å². The average Bonchev–Trinajstić information content (AvgIpc) is 2.77. The van der Waals surface area contributed by atoms with Gasteiger partial charge < -0.3 is 4.57 Å². The molecule has 0 aromatic carbocycles. The van der Waals surface area contributed by atoms with E-state index in [0.717, 1.165) is 0 Å². The van der Waals surface area contributed by atoms with Crippen molar-refractivity contribution in [3.63, 3.8) is 0 Å². The molecule has 2 aromatic heterocycles. The van der Waals surface area contributed by atoms with E-state index in [0.29, 0.717) is 12.3 Å². The van der Waals surface area contributed by atoms with Crippen LogP contribution in [0.2, 0.25) is 5.15 Å². The van der Waals surface area contributed by atoms with E-state index < -0.39 is 26.5 Å². The minimum Gasteiger partial charge on any atom is -0.317 e. The Balaban J connectivity index is 2.78. The lowest BCUT2D eigenvalue weighted by atomic mass is 10.2. The Bertz CT molecular complexity index is 816. The number of imidazole rings is 1. The van der Waals surface area contributed by atoms with Crippen molar-refractivity contribution in [1.82, 2.24) is 14.5 Å². The molecule has 0 radical (unpaired) electrons. The molecule has 0 atom stereocenters. The number of aromatic nitrogens is 3. The van der Waals surface area contributed by atoms with E-state index in [1.54, 1.807) is 0 Å². The van der Waals surface area contributed by atoms with Gasteiger partial charge in [0.15, 0.2) is 15.7 Å². The predicted molar refractivity (Wildman–Crippen MR) is 74.2 cm³/mol. The first kappa shape index (κ1) is 16.8. The summed E-state index contributed by atoms with van der Waals surface area (Å²) in [5.41, 5.74) is -1.30. The zero-order valence-corrected chi connectivity index (χ0v) is 13.1. The number of hydrogen-bond acceptors (Lipinski definition) is 4. The van der Waals surface area contributed by atoms with Gasteiger partial charge in [0.05, 0.1) is 22.4 Å². The monoisotopic (exact) mass is 353 g/mol. The van der Waals surface area contributed by atoms with Gasteiger partial charge in [-0.05, 0) is 6.07 Å². The van der Waals surface area contributed by atoms with Gasteiger partial charge in [-0.15, -0.1) is 0 Å². The van der Waals surface area contributed by atoms with Gasteiger partial charge >= 0.3 is 6.18 Å². The number of rotatable bonds is 3. The van der Waals surface area contributed by atoms with Crippen molar-refractivity contribution in [2.75, 3.05) is 5.75 Å². The quantitative estimate of drug-likeness (QED) is 0.851. The van der Waals surface area contributed by atoms with Gasteiger partial charge in [-0.1, -0.05) is 18.5 Å². The smallest absolute Gasteiger partial charge is 0.317 e. The van der Waals surface area contributed by atoms with Gasteiger partial charge in [-0.25, -0.2) is 13.4 Å². The highest BCUT2D eigenvalue weighted by Gasteiger charge is 2.34. The summed E-state index contributed by atoms with van der Waals surface area (Å²) in [5.74, 6) is -0.285. The van der Waals surface area contributed by atoms with Crippen LogP contribution in [0.5, 0.6) is 0 Å². The van der Waals surface area contributed by atoms with Crippen molar-refractivity contribution in [2.24, 2.45) is 7.05 Å². The Morgan fingerprint density at radius 2 is 1.91 bits per heavy atom. The van der Waals surface area contributed by atoms with E-state index in [1.165, 1.54) is 24.7 Å². The van der Waals surface area contributed by atoms with Gasteiger partial charge in [-0.3, -0.25) is 4.98 Å². The zero-order valence-electron chi connectivity index (χ0n) is 11.5. The lowest BCUT2D eigenvalue weighted by Crippen LogP contribution is -2.13. The van der Waals surface area contributed by atoms with Crippen LogP contribution in [0.15, 0.2) is 23.4 Å². The fraction of sp³-hybridized carbons (Fsp3) is 0.333. The molecule has 0 unspecified atom stereocenters. The number of pyridine rings is 1. The lowest BCUT2D eigenvalue weighted by molar-refractivity contribution is -0.138. The Kier molecular flexibility index (Phi) is 4.22. The molecule has 0 N–H and O–H groups in total. The summed E-state index contributed by atoms with van der Waals surface area (Å²) in [4.78, 5) is 7.05. The van der Waals surface area contributed by atoms with Gasteiger partial charge in [0.1, 0.15) is 10.8 Å². The average molecular weight is 354 g/mol. The number of alkyl halides is 3. The third kappa shape index (κ3) is 2.95. The molecule has 0 spiro atoms. The number of nitrogens with zero attached hydrogens (tertiary/aromatic N) is 3. The molecular weight excluding hydrogens is 343 g/mol. The summed E-state index contributed by atoms with van der Waals surface area (Å²) in [6.07, 6.45) is -2.85. The maximum Gasteiger partial charge on any atom is 0.417 e. The van der Waals surface area contributed by atoms with Crippen LogP contribution in [0.25, 0.3) is 11.5 Å². The third-order valence-electron chi connectivity index (χ3n) is 3.04. The summed E-state index contributed by atoms with van der Waals surface area (Å²) >= 11 is 5.83. The minimum absolute atomic E-state index is 0.0748. The third-order valence-corrected chi connectivity index (χ3v) is 5.13. The van der Waals surface area contributed by atoms with Crippen molar-refractivity contribution < 1.29 is 21.6 Å². The predicted octanol–water partition coefficient (Wildman–Crippen LogP) is 2.95. The van der Waals surface area contributed by atoms with Crippen LogP contribution in [0.3, 0.4) is 0 Å². The molecule has 2 aromatic rings. The van der Waals surface area contributed by atoms with Crippen molar-refractivity contribution in [3.05, 3.63) is 29.2 Å². The van der Waals surface area contributed by atoms with Gasteiger partial charge in [0.2, 0.25) is 0 Å². The highest BCUT2D eigenvalue weighted by molar-refractivity contribution is 7.91. The number of hydrogen-bond donors (Lipinski definition) is 0. The molecule has 120 valence electrons. The molecule has 5 nitrogen and oxygen atoms in total. The maximum absolute atomic E-state index is 12.8. The first-order valence-electron chi connectivity index (χ1n) is 6.05. The molecule has 0 bridgehead atoms. The molecular formula is C12H11ClF3N3O2S. The second-order valence-electron chi connectivity index (χ2n) is 4.44. The number of sulfone groups is 1. The van der Waals surface area contributed by atoms with Crippen molar-refractivity contribution in [3.8, 4) is 11.5 Å². The standard InChI is InChI=1S/C12H11ClF3N3O2S/c1-3-22(20,21)8-4-7(12(14,15)16)5-17-10(8)11-18-6-9(13)19(11)2/h4-6H,3H2,1-2H3. The summed E-state index contributed by atoms with van der Waals surface area (Å²) in [5, 5.41) is 0.205. The first-order valence-corrected chi connectivity index (χ1v) is 8.08. The molecule has 10 heteroatoms. The molecule has 22 heavy (non-hydrogen) atoms. The molecule has 0 saturated carbocycles. The van der Waals surface area contributed by atoms with Gasteiger partial charge in [0.25, 0.3) is 0 Å². The molecule has 0 aliphatic rings. The lowest BCUT2D eigenvalue weighted by Gasteiger charge is -2.12. The van der Waals surface area contributed by atoms with Crippen molar-refractivity contribution in [1.29, 1.82) is 0 Å². The summed E-state index contributed by atoms with van der Waals surface area (Å²) in [6.45, 7) is 1.34. The highest BCUT2D eigenvalue weighted by Crippen LogP contribution is 2.34. The van der Waals surface area contributed by atoms with Crippen LogP contribution >= 0.6 is 11.6 Å². The molecule has 2 rings (SSSR count). The fourth-order valence-corrected chi connectivity index (χ4v) is 2.95. The number of halogens is 4. The van der Waals surface area contributed by atoms with E-state index in [2.05, 4.69) is 9.97 Å². The molecule has 0 aliphatic heterocycles. The molecule has 0 fully saturated rings. The van der Waals surface area contributed by atoms with Crippen molar-refractivity contribution >= 4 is 21.4 Å². The van der Waals surface area contributed by atoms with Crippen molar-refractivity contribution in [2.45, 2.75) is 18.0 Å². The summed E-state index contributed by atoms with van der Waals surface area (Å²) in [6, 6.07) is 0.573. The normalized spacial score (nSPS) is 12.6. The zero-order chi connectivity index (χ0) is 16.7. The topological polar surface area (TPSA) is 64.8 Å². The first-order chi connectivity index (χ1) is 10.1. The molecule has 0 amide bonds. The van der Waals surface area contributed by atoms with Crippen LogP contribution < -0.4 is 0 Å². The molecule has 0 saturated heterocycles. The highest BCUT2D eigenvalue weighted by atomic mass is 35.5. The Labute approximate surface area is 129 Å². The molecule has 0 aliphatic carbocycles. The fourth-order valence-electron chi connectivity index (χ4n) is 1.77. The van der Waals surface area contributed by atoms with Crippen LogP contribution in [-0.4, -0.2) is 28.7 Å².